The number of nitrogens with one attached hydrogen (secondary N) is 3. The molecule has 0 bridgehead atoms. The normalized spacial score (nSPS) is 14.1. The van der Waals surface area contributed by atoms with Crippen molar-refractivity contribution in [2.24, 2.45) is 17.6 Å². The van der Waals surface area contributed by atoms with Gasteiger partial charge in [0, 0.05) is 0 Å². The molecule has 0 aliphatic carbocycles. The number of carbonyl (C=O) groups excluding carboxylic acids is 3. The Morgan fingerprint density at radius 3 is 1.86 bits per heavy atom. The van der Waals surface area contributed by atoms with Crippen LogP contribution in [0.3, 0.4) is 0 Å². The van der Waals surface area contributed by atoms with Crippen LogP contribution in [0.4, 0.5) is 0 Å². The molecule has 0 rings (SSSR count). The van der Waals surface area contributed by atoms with Gasteiger partial charge in [-0.3, -0.25) is 24.0 Å². The van der Waals surface area contributed by atoms with E-state index in [-0.39, 0.29) is 11.8 Å². The van der Waals surface area contributed by atoms with E-state index < -0.39 is 60.8 Å². The molecule has 0 aromatic carbocycles. The highest BCUT2D eigenvalue weighted by Crippen LogP contribution is 2.07. The molecular weight excluding hydrogens is 372 g/mol. The minimum atomic E-state index is -1.49. The number of carboxylic acid groups (broad SMARTS) is 2. The van der Waals surface area contributed by atoms with Crippen molar-refractivity contribution in [2.45, 2.75) is 58.7 Å². The molecule has 0 aromatic rings. The smallest absolute Gasteiger partial charge is 0.322 e. The fourth-order valence-corrected chi connectivity index (χ4v) is 2.34. The molecule has 0 fully saturated rings. The van der Waals surface area contributed by atoms with Crippen LogP contribution in [0.5, 0.6) is 0 Å². The van der Waals surface area contributed by atoms with E-state index >= 15 is 0 Å². The molecular formula is C17H30N4O7. The van der Waals surface area contributed by atoms with Gasteiger partial charge in [0.2, 0.25) is 17.7 Å². The summed E-state index contributed by atoms with van der Waals surface area (Å²) in [5, 5.41) is 24.3. The number of amides is 3. The summed E-state index contributed by atoms with van der Waals surface area (Å²) >= 11 is 0. The van der Waals surface area contributed by atoms with E-state index in [2.05, 4.69) is 10.6 Å². The van der Waals surface area contributed by atoms with E-state index in [9.17, 15) is 24.0 Å². The third-order valence-corrected chi connectivity index (χ3v) is 3.73. The summed E-state index contributed by atoms with van der Waals surface area (Å²) in [6.07, 6.45) is -0.333. The first-order valence-corrected chi connectivity index (χ1v) is 8.92. The highest BCUT2D eigenvalue weighted by Gasteiger charge is 2.31. The van der Waals surface area contributed by atoms with E-state index in [0.29, 0.717) is 6.42 Å². The van der Waals surface area contributed by atoms with Gasteiger partial charge in [0.25, 0.3) is 0 Å². The highest BCUT2D eigenvalue weighted by molar-refractivity contribution is 5.95. The second kappa shape index (κ2) is 11.9. The minimum absolute atomic E-state index is 0.171. The van der Waals surface area contributed by atoms with Gasteiger partial charge in [0.15, 0.2) is 0 Å². The van der Waals surface area contributed by atoms with Crippen LogP contribution in [0, 0.1) is 11.8 Å². The number of nitrogens with two attached hydrogens (primary N) is 1. The van der Waals surface area contributed by atoms with Crippen molar-refractivity contribution in [3.8, 4) is 0 Å². The number of aliphatic carboxylic acids is 2. The zero-order valence-corrected chi connectivity index (χ0v) is 16.5. The second-order valence-electron chi connectivity index (χ2n) is 7.24. The Hall–Kier alpha value is -2.69. The van der Waals surface area contributed by atoms with E-state index in [1.807, 2.05) is 19.2 Å². The van der Waals surface area contributed by atoms with Crippen molar-refractivity contribution in [2.75, 3.05) is 6.54 Å². The largest absolute Gasteiger partial charge is 0.481 e. The molecule has 3 atom stereocenters. The number of carbonyl (C=O) groups is 5. The van der Waals surface area contributed by atoms with Gasteiger partial charge in [-0.1, -0.05) is 27.7 Å². The molecule has 0 radical (unpaired) electrons. The molecule has 7 N–H and O–H groups in total. The summed E-state index contributed by atoms with van der Waals surface area (Å²) in [4.78, 5) is 58.3. The lowest BCUT2D eigenvalue weighted by Crippen LogP contribution is -2.58. The Morgan fingerprint density at radius 1 is 0.857 bits per heavy atom. The number of hydrogen-bond acceptors (Lipinski definition) is 6. The molecule has 11 nitrogen and oxygen atoms in total. The Morgan fingerprint density at radius 2 is 1.43 bits per heavy atom. The third-order valence-electron chi connectivity index (χ3n) is 3.73. The van der Waals surface area contributed by atoms with Gasteiger partial charge in [-0.15, -0.1) is 0 Å². The van der Waals surface area contributed by atoms with E-state index in [1.54, 1.807) is 13.8 Å². The Balaban J connectivity index is 5.18. The fourth-order valence-electron chi connectivity index (χ4n) is 2.34. The molecule has 0 heterocycles. The van der Waals surface area contributed by atoms with Gasteiger partial charge in [-0.25, -0.2) is 0 Å². The molecule has 0 aromatic heterocycles. The van der Waals surface area contributed by atoms with Gasteiger partial charge >= 0.3 is 11.9 Å². The zero-order valence-electron chi connectivity index (χ0n) is 16.5. The van der Waals surface area contributed by atoms with E-state index in [1.165, 1.54) is 0 Å². The van der Waals surface area contributed by atoms with Crippen molar-refractivity contribution in [1.29, 1.82) is 0 Å². The monoisotopic (exact) mass is 402 g/mol. The Labute approximate surface area is 163 Å². The molecule has 160 valence electrons. The van der Waals surface area contributed by atoms with Crippen LogP contribution in [0.1, 0.15) is 40.5 Å². The molecule has 0 saturated carbocycles. The van der Waals surface area contributed by atoms with Gasteiger partial charge in [-0.05, 0) is 18.3 Å². The highest BCUT2D eigenvalue weighted by atomic mass is 16.4. The number of carboxylic acids is 2. The standard InChI is InChI=1S/C17H30N4O7/c1-8(2)5-10(18)15(26)21-14(9(3)4)17(28)20-11(6-12(22)23)16(27)19-7-13(24)25/h8-11,14H,5-7,18H2,1-4H3,(H,19,27)(H,20,28)(H,21,26)(H,22,23)(H,24,25). The topological polar surface area (TPSA) is 188 Å². The SMILES string of the molecule is CC(C)CC(N)C(=O)NC(C(=O)NC(CC(=O)O)C(=O)NCC(=O)O)C(C)C. The summed E-state index contributed by atoms with van der Waals surface area (Å²) in [7, 11) is 0. The van der Waals surface area contributed by atoms with E-state index in [0.717, 1.165) is 0 Å². The van der Waals surface area contributed by atoms with Gasteiger partial charge in [-0.2, -0.15) is 0 Å². The summed E-state index contributed by atoms with van der Waals surface area (Å²) < 4.78 is 0. The molecule has 0 aliphatic heterocycles. The van der Waals surface area contributed by atoms with Gasteiger partial charge < -0.3 is 31.9 Å². The molecule has 3 unspecified atom stereocenters. The fraction of sp³-hybridized carbons (Fsp3) is 0.706. The van der Waals surface area contributed by atoms with Crippen LogP contribution >= 0.6 is 0 Å². The molecule has 11 heteroatoms. The Bertz CT molecular complexity index is 592. The lowest BCUT2D eigenvalue weighted by molar-refractivity contribution is -0.142. The lowest BCUT2D eigenvalue weighted by atomic mass is 10.00. The summed E-state index contributed by atoms with van der Waals surface area (Å²) in [5.74, 6) is -5.14. The summed E-state index contributed by atoms with van der Waals surface area (Å²) in [6, 6.07) is -3.36. The lowest BCUT2D eigenvalue weighted by Gasteiger charge is -2.26. The van der Waals surface area contributed by atoms with Crippen LogP contribution in [0.2, 0.25) is 0 Å². The predicted molar refractivity (Wildman–Crippen MR) is 99.0 cm³/mol. The molecule has 3 amide bonds. The maximum absolute atomic E-state index is 12.5. The number of rotatable bonds is 12. The van der Waals surface area contributed by atoms with Crippen LogP contribution in [-0.2, 0) is 24.0 Å². The van der Waals surface area contributed by atoms with Crippen molar-refractivity contribution >= 4 is 29.7 Å². The van der Waals surface area contributed by atoms with Crippen molar-refractivity contribution in [3.05, 3.63) is 0 Å². The van der Waals surface area contributed by atoms with Crippen LogP contribution in [0.15, 0.2) is 0 Å². The average molecular weight is 402 g/mol. The second-order valence-corrected chi connectivity index (χ2v) is 7.24. The van der Waals surface area contributed by atoms with Crippen molar-refractivity contribution in [1.82, 2.24) is 16.0 Å². The first-order chi connectivity index (χ1) is 12.8. The first-order valence-electron chi connectivity index (χ1n) is 8.92. The number of hydrogen-bond donors (Lipinski definition) is 6. The van der Waals surface area contributed by atoms with E-state index in [4.69, 9.17) is 15.9 Å². The zero-order chi connectivity index (χ0) is 22.0. The quantitative estimate of drug-likeness (QED) is 0.231. The predicted octanol–water partition coefficient (Wildman–Crippen LogP) is -1.34. The maximum Gasteiger partial charge on any atom is 0.322 e. The van der Waals surface area contributed by atoms with Crippen molar-refractivity contribution < 1.29 is 34.2 Å². The Kier molecular flexibility index (Phi) is 10.8. The first kappa shape index (κ1) is 25.3. The van der Waals surface area contributed by atoms with Gasteiger partial charge in [0.1, 0.15) is 18.6 Å². The molecule has 0 spiro atoms. The minimum Gasteiger partial charge on any atom is -0.481 e. The average Bonchev–Trinajstić information content (AvgIpc) is 2.54. The van der Waals surface area contributed by atoms with Crippen LogP contribution in [-0.4, -0.2) is 64.5 Å². The van der Waals surface area contributed by atoms with Gasteiger partial charge in [0.05, 0.1) is 12.5 Å². The molecule has 28 heavy (non-hydrogen) atoms. The molecule has 0 saturated heterocycles. The summed E-state index contributed by atoms with van der Waals surface area (Å²) in [6.45, 7) is 6.39. The maximum atomic E-state index is 12.5. The van der Waals surface area contributed by atoms with Crippen LogP contribution < -0.4 is 21.7 Å². The van der Waals surface area contributed by atoms with Crippen LogP contribution in [0.25, 0.3) is 0 Å². The third kappa shape index (κ3) is 9.86. The summed E-state index contributed by atoms with van der Waals surface area (Å²) in [5.41, 5.74) is 5.81. The molecule has 0 aliphatic rings. The van der Waals surface area contributed by atoms with Crippen molar-refractivity contribution in [3.63, 3.8) is 0 Å².